The van der Waals surface area contributed by atoms with E-state index in [9.17, 15) is 4.79 Å². The lowest BCUT2D eigenvalue weighted by atomic mass is 10.2. The van der Waals surface area contributed by atoms with E-state index in [2.05, 4.69) is 11.4 Å². The third-order valence-electron chi connectivity index (χ3n) is 2.70. The van der Waals surface area contributed by atoms with Crippen molar-refractivity contribution in [1.82, 2.24) is 0 Å². The highest BCUT2D eigenvalue weighted by atomic mass is 32.2. The predicted octanol–water partition coefficient (Wildman–Crippen LogP) is 2.26. The first kappa shape index (κ1) is 15.0. The van der Waals surface area contributed by atoms with Gasteiger partial charge in [-0.05, 0) is 37.8 Å². The molecule has 0 saturated heterocycles. The van der Waals surface area contributed by atoms with Crippen molar-refractivity contribution < 1.29 is 4.79 Å². The quantitative estimate of drug-likeness (QED) is 0.868. The van der Waals surface area contributed by atoms with E-state index in [0.717, 1.165) is 16.2 Å². The second kappa shape index (κ2) is 6.78. The summed E-state index contributed by atoms with van der Waals surface area (Å²) in [7, 11) is 0. The molecule has 1 atom stereocenters. The maximum Gasteiger partial charge on any atom is 0.241 e. The lowest BCUT2D eigenvalue weighted by Gasteiger charge is -2.10. The molecule has 98 valence electrons. The molecule has 0 aliphatic carbocycles. The fraction of sp³-hybridized carbons (Fsp3) is 0.500. The van der Waals surface area contributed by atoms with Crippen LogP contribution < -0.4 is 11.1 Å². The number of nitrogens with one attached hydrogen (secondary N) is 1. The molecule has 18 heavy (non-hydrogen) atoms. The minimum atomic E-state index is -0.522. The number of amides is 1. The van der Waals surface area contributed by atoms with Gasteiger partial charge in [-0.3, -0.25) is 4.79 Å². The van der Waals surface area contributed by atoms with Crippen molar-refractivity contribution in [3.63, 3.8) is 0 Å². The van der Waals surface area contributed by atoms with Crippen molar-refractivity contribution in [2.75, 3.05) is 17.3 Å². The fourth-order valence-electron chi connectivity index (χ4n) is 1.43. The van der Waals surface area contributed by atoms with Gasteiger partial charge >= 0.3 is 0 Å². The highest BCUT2D eigenvalue weighted by Crippen LogP contribution is 2.31. The van der Waals surface area contributed by atoms with Crippen molar-refractivity contribution in [2.45, 2.75) is 26.3 Å². The molecule has 6 heteroatoms. The number of thioether (sulfide) groups is 1. The molecule has 0 aliphatic heterocycles. The smallest absolute Gasteiger partial charge is 0.241 e. The maximum absolute atomic E-state index is 11.9. The van der Waals surface area contributed by atoms with Crippen LogP contribution in [0.3, 0.4) is 0 Å². The zero-order valence-electron chi connectivity index (χ0n) is 10.7. The third-order valence-corrected chi connectivity index (χ3v) is 4.47. The summed E-state index contributed by atoms with van der Waals surface area (Å²) in [6.45, 7) is 3.82. The number of carbonyl (C=O) groups excluding carboxylic acids is 1. The van der Waals surface area contributed by atoms with Crippen LogP contribution in [0.1, 0.15) is 22.4 Å². The van der Waals surface area contributed by atoms with Crippen LogP contribution in [0, 0.1) is 25.2 Å². The Kier molecular flexibility index (Phi) is 5.66. The second-order valence-electron chi connectivity index (χ2n) is 3.98. The average molecular weight is 283 g/mol. The highest BCUT2D eigenvalue weighted by Gasteiger charge is 2.18. The number of hydrogen-bond acceptors (Lipinski definition) is 5. The van der Waals surface area contributed by atoms with Crippen molar-refractivity contribution in [3.8, 4) is 6.07 Å². The molecule has 1 aromatic heterocycles. The topological polar surface area (TPSA) is 78.9 Å². The zero-order valence-corrected chi connectivity index (χ0v) is 12.4. The standard InChI is InChI=1S/C12H17N3OS2/c1-7-8(2)18-12(9(7)6-13)15-11(16)10(14)4-5-17-3/h10H,4-5,14H2,1-3H3,(H,15,16)/t10-/m1/s1. The van der Waals surface area contributed by atoms with Crippen LogP contribution in [0.2, 0.25) is 0 Å². The number of hydrogen-bond donors (Lipinski definition) is 2. The molecule has 0 radical (unpaired) electrons. The van der Waals surface area contributed by atoms with Gasteiger partial charge in [0.2, 0.25) is 5.91 Å². The van der Waals surface area contributed by atoms with Crippen LogP contribution >= 0.6 is 23.1 Å². The third kappa shape index (κ3) is 3.48. The molecule has 1 rings (SSSR count). The van der Waals surface area contributed by atoms with Gasteiger partial charge in [0.05, 0.1) is 11.6 Å². The molecule has 1 amide bonds. The number of nitrogens with two attached hydrogens (primary N) is 1. The molecule has 1 aromatic rings. The summed E-state index contributed by atoms with van der Waals surface area (Å²) >= 11 is 3.08. The number of carbonyl (C=O) groups is 1. The van der Waals surface area contributed by atoms with Gasteiger partial charge in [-0.25, -0.2) is 0 Å². The summed E-state index contributed by atoms with van der Waals surface area (Å²) in [4.78, 5) is 12.9. The number of aryl methyl sites for hydroxylation is 1. The Hall–Kier alpha value is -1.03. The summed E-state index contributed by atoms with van der Waals surface area (Å²) in [6, 6.07) is 1.60. The van der Waals surface area contributed by atoms with Crippen molar-refractivity contribution in [1.29, 1.82) is 5.26 Å². The molecular formula is C12H17N3OS2. The van der Waals surface area contributed by atoms with E-state index >= 15 is 0 Å². The van der Waals surface area contributed by atoms with Crippen LogP contribution in [0.4, 0.5) is 5.00 Å². The van der Waals surface area contributed by atoms with E-state index in [4.69, 9.17) is 11.0 Å². The molecule has 3 N–H and O–H groups in total. The van der Waals surface area contributed by atoms with Crippen molar-refractivity contribution >= 4 is 34.0 Å². The van der Waals surface area contributed by atoms with Crippen molar-refractivity contribution in [2.24, 2.45) is 5.73 Å². The predicted molar refractivity (Wildman–Crippen MR) is 78.1 cm³/mol. The fourth-order valence-corrected chi connectivity index (χ4v) is 2.93. The molecule has 0 bridgehead atoms. The number of anilines is 1. The Balaban J connectivity index is 2.76. The van der Waals surface area contributed by atoms with Gasteiger partial charge in [0, 0.05) is 4.88 Å². The molecule has 0 spiro atoms. The summed E-state index contributed by atoms with van der Waals surface area (Å²) in [5, 5.41) is 12.4. The molecule has 1 heterocycles. The van der Waals surface area contributed by atoms with E-state index in [-0.39, 0.29) is 5.91 Å². The van der Waals surface area contributed by atoms with E-state index in [1.165, 1.54) is 11.3 Å². The van der Waals surface area contributed by atoms with Crippen LogP contribution in [0.5, 0.6) is 0 Å². The maximum atomic E-state index is 11.9. The zero-order chi connectivity index (χ0) is 13.7. The summed E-state index contributed by atoms with van der Waals surface area (Å²) in [5.41, 5.74) is 7.25. The lowest BCUT2D eigenvalue weighted by Crippen LogP contribution is -2.36. The number of nitrogens with zero attached hydrogens (tertiary/aromatic N) is 1. The molecular weight excluding hydrogens is 266 g/mol. The largest absolute Gasteiger partial charge is 0.320 e. The Morgan fingerprint density at radius 2 is 2.28 bits per heavy atom. The summed E-state index contributed by atoms with van der Waals surface area (Å²) in [5.74, 6) is 0.629. The highest BCUT2D eigenvalue weighted by molar-refractivity contribution is 7.98. The van der Waals surface area contributed by atoms with E-state index in [0.29, 0.717) is 17.0 Å². The van der Waals surface area contributed by atoms with Gasteiger partial charge in [-0.15, -0.1) is 11.3 Å². The van der Waals surface area contributed by atoms with Crippen LogP contribution in [-0.4, -0.2) is 24.0 Å². The monoisotopic (exact) mass is 283 g/mol. The van der Waals surface area contributed by atoms with Crippen LogP contribution in [-0.2, 0) is 4.79 Å². The number of nitriles is 1. The van der Waals surface area contributed by atoms with Crippen LogP contribution in [0.25, 0.3) is 0 Å². The summed E-state index contributed by atoms with van der Waals surface area (Å²) < 4.78 is 0. The molecule has 0 saturated carbocycles. The van der Waals surface area contributed by atoms with Gasteiger partial charge in [0.1, 0.15) is 11.1 Å². The van der Waals surface area contributed by atoms with E-state index < -0.39 is 6.04 Å². The second-order valence-corrected chi connectivity index (χ2v) is 6.19. The van der Waals surface area contributed by atoms with Gasteiger partial charge < -0.3 is 11.1 Å². The molecule has 4 nitrogen and oxygen atoms in total. The Labute approximate surface area is 116 Å². The Morgan fingerprint density at radius 1 is 1.61 bits per heavy atom. The first-order valence-corrected chi connectivity index (χ1v) is 7.77. The van der Waals surface area contributed by atoms with Crippen LogP contribution in [0.15, 0.2) is 0 Å². The summed E-state index contributed by atoms with van der Waals surface area (Å²) in [6.07, 6.45) is 2.61. The van der Waals surface area contributed by atoms with Gasteiger partial charge in [0.15, 0.2) is 0 Å². The number of thiophene rings is 1. The first-order chi connectivity index (χ1) is 8.51. The molecule has 0 aromatic carbocycles. The van der Waals surface area contributed by atoms with Gasteiger partial charge in [-0.1, -0.05) is 0 Å². The Morgan fingerprint density at radius 3 is 2.83 bits per heavy atom. The van der Waals surface area contributed by atoms with Gasteiger partial charge in [-0.2, -0.15) is 17.0 Å². The first-order valence-electron chi connectivity index (χ1n) is 5.56. The Bertz CT molecular complexity index is 476. The molecule has 0 unspecified atom stereocenters. The number of rotatable bonds is 5. The average Bonchev–Trinajstić information content (AvgIpc) is 2.61. The molecule has 0 aliphatic rings. The molecule has 0 fully saturated rings. The van der Waals surface area contributed by atoms with Crippen molar-refractivity contribution in [3.05, 3.63) is 16.0 Å². The van der Waals surface area contributed by atoms with Gasteiger partial charge in [0.25, 0.3) is 0 Å². The SMILES string of the molecule is CSCC[C@@H](N)C(=O)Nc1sc(C)c(C)c1C#N. The van der Waals surface area contributed by atoms with E-state index in [1.54, 1.807) is 11.8 Å². The normalized spacial score (nSPS) is 11.9. The lowest BCUT2D eigenvalue weighted by molar-refractivity contribution is -0.117. The minimum Gasteiger partial charge on any atom is -0.320 e. The van der Waals surface area contributed by atoms with E-state index in [1.807, 2.05) is 20.1 Å². The minimum absolute atomic E-state index is 0.221.